The molecule has 45 valence electrons. The van der Waals surface area contributed by atoms with E-state index in [4.69, 9.17) is 11.6 Å². The predicted octanol–water partition coefficient (Wildman–Crippen LogP) is 2.78. The zero-order valence-electron chi connectivity index (χ0n) is 4.89. The maximum atomic E-state index is 5.62. The molecule has 0 nitrogen and oxygen atoms in total. The lowest BCUT2D eigenvalue weighted by molar-refractivity contribution is 1.65. The summed E-state index contributed by atoms with van der Waals surface area (Å²) in [5, 5.41) is 0.632. The molecule has 0 unspecified atom stereocenters. The van der Waals surface area contributed by atoms with E-state index in [0.29, 0.717) is 5.02 Å². The molecule has 1 aromatic carbocycles. The van der Waals surface area contributed by atoms with Crippen LogP contribution in [0.15, 0.2) is 24.8 Å². The average Bonchev–Trinajstić information content (AvgIpc) is 1.88. The van der Waals surface area contributed by atoms with Crippen LogP contribution in [-0.2, 0) is 0 Å². The van der Waals surface area contributed by atoms with Gasteiger partial charge in [-0.2, -0.15) is 0 Å². The summed E-state index contributed by atoms with van der Waals surface area (Å²) in [6.07, 6.45) is 1.75. The first-order valence-corrected chi connectivity index (χ1v) is 3.00. The lowest BCUT2D eigenvalue weighted by Gasteiger charge is -1.89. The molecule has 0 bridgehead atoms. The molecule has 0 saturated carbocycles. The summed E-state index contributed by atoms with van der Waals surface area (Å²) in [5.74, 6) is 0. The van der Waals surface area contributed by atoms with Crippen LogP contribution in [0.25, 0.3) is 6.08 Å². The van der Waals surface area contributed by atoms with Gasteiger partial charge in [-0.3, -0.25) is 0 Å². The van der Waals surface area contributed by atoms with Gasteiger partial charge in [0.25, 0.3) is 0 Å². The Morgan fingerprint density at radius 1 is 1.67 bits per heavy atom. The van der Waals surface area contributed by atoms with Crippen molar-refractivity contribution in [3.05, 3.63) is 41.4 Å². The Hall–Kier alpha value is -0.750. The number of rotatable bonds is 1. The van der Waals surface area contributed by atoms with Crippen LogP contribution in [-0.4, -0.2) is 0 Å². The van der Waals surface area contributed by atoms with Crippen molar-refractivity contribution in [2.24, 2.45) is 0 Å². The molecule has 0 aliphatic carbocycles. The van der Waals surface area contributed by atoms with Crippen LogP contribution in [0.3, 0.4) is 0 Å². The Balaban J connectivity index is 3.07. The first-order chi connectivity index (χ1) is 4.33. The van der Waals surface area contributed by atoms with Gasteiger partial charge in [0.15, 0.2) is 0 Å². The van der Waals surface area contributed by atoms with Gasteiger partial charge in [0.1, 0.15) is 0 Å². The third-order valence-corrected chi connectivity index (χ3v) is 1.24. The molecular weight excluding hydrogens is 132 g/mol. The minimum atomic E-state index is 0.632. The van der Waals surface area contributed by atoms with Gasteiger partial charge in [0, 0.05) is 11.1 Å². The van der Waals surface area contributed by atoms with Crippen molar-refractivity contribution >= 4 is 17.7 Å². The monoisotopic (exact) mass is 137 g/mol. The first kappa shape index (κ1) is 6.37. The molecule has 0 atom stereocenters. The summed E-state index contributed by atoms with van der Waals surface area (Å²) < 4.78 is 0. The van der Waals surface area contributed by atoms with Crippen molar-refractivity contribution in [2.75, 3.05) is 0 Å². The number of benzene rings is 1. The zero-order valence-corrected chi connectivity index (χ0v) is 5.65. The van der Waals surface area contributed by atoms with Crippen molar-refractivity contribution in [3.63, 3.8) is 0 Å². The van der Waals surface area contributed by atoms with Crippen molar-refractivity contribution in [2.45, 2.75) is 0 Å². The van der Waals surface area contributed by atoms with Crippen LogP contribution < -0.4 is 0 Å². The number of halogens is 1. The molecule has 0 fully saturated rings. The van der Waals surface area contributed by atoms with Gasteiger partial charge in [0.05, 0.1) is 0 Å². The lowest BCUT2D eigenvalue weighted by atomic mass is 10.2. The third-order valence-electron chi connectivity index (χ3n) is 1.03. The molecule has 0 aliphatic rings. The van der Waals surface area contributed by atoms with Crippen LogP contribution in [0.5, 0.6) is 0 Å². The van der Waals surface area contributed by atoms with Crippen LogP contribution in [0, 0.1) is 6.07 Å². The smallest absolute Gasteiger partial charge is 0.0490 e. The zero-order chi connectivity index (χ0) is 6.69. The van der Waals surface area contributed by atoms with E-state index in [0.717, 1.165) is 5.56 Å². The van der Waals surface area contributed by atoms with E-state index in [2.05, 4.69) is 12.6 Å². The molecule has 0 saturated heterocycles. The van der Waals surface area contributed by atoms with Gasteiger partial charge >= 0.3 is 0 Å². The van der Waals surface area contributed by atoms with E-state index < -0.39 is 0 Å². The molecule has 0 spiro atoms. The van der Waals surface area contributed by atoms with E-state index in [-0.39, 0.29) is 0 Å². The standard InChI is InChI=1S/C8H6Cl/c1-2-7-4-3-5-8(9)6-7/h2-4,6H,1H2. The molecule has 1 rings (SSSR count). The fraction of sp³-hybridized carbons (Fsp3) is 0. The second-order valence-corrected chi connectivity index (χ2v) is 2.08. The van der Waals surface area contributed by atoms with E-state index >= 15 is 0 Å². The van der Waals surface area contributed by atoms with Gasteiger partial charge in [-0.25, -0.2) is 0 Å². The third kappa shape index (κ3) is 1.58. The van der Waals surface area contributed by atoms with Crippen molar-refractivity contribution in [1.82, 2.24) is 0 Å². The van der Waals surface area contributed by atoms with Crippen LogP contribution in [0.2, 0.25) is 5.02 Å². The van der Waals surface area contributed by atoms with Gasteiger partial charge < -0.3 is 0 Å². The number of hydrogen-bond donors (Lipinski definition) is 0. The van der Waals surface area contributed by atoms with Gasteiger partial charge in [0.2, 0.25) is 0 Å². The molecule has 0 heterocycles. The molecule has 9 heavy (non-hydrogen) atoms. The normalized spacial score (nSPS) is 9.00. The Labute approximate surface area is 59.8 Å². The molecular formula is C8H6Cl. The van der Waals surface area contributed by atoms with Crippen LogP contribution in [0.1, 0.15) is 5.56 Å². The highest BCUT2D eigenvalue weighted by Crippen LogP contribution is 2.09. The molecule has 0 N–H and O–H groups in total. The van der Waals surface area contributed by atoms with Crippen molar-refractivity contribution in [3.8, 4) is 0 Å². The quantitative estimate of drug-likeness (QED) is 0.559. The van der Waals surface area contributed by atoms with E-state index in [1.165, 1.54) is 0 Å². The Morgan fingerprint density at radius 3 is 2.89 bits per heavy atom. The average molecular weight is 138 g/mol. The summed E-state index contributed by atoms with van der Waals surface area (Å²) in [5.41, 5.74) is 1.03. The fourth-order valence-electron chi connectivity index (χ4n) is 0.581. The second-order valence-electron chi connectivity index (χ2n) is 1.67. The summed E-state index contributed by atoms with van der Waals surface area (Å²) >= 11 is 5.62. The van der Waals surface area contributed by atoms with Crippen molar-refractivity contribution in [1.29, 1.82) is 0 Å². The molecule has 1 heteroatoms. The summed E-state index contributed by atoms with van der Waals surface area (Å²) in [4.78, 5) is 0. The van der Waals surface area contributed by atoms with Gasteiger partial charge in [-0.15, -0.1) is 0 Å². The minimum absolute atomic E-state index is 0.632. The van der Waals surface area contributed by atoms with Crippen molar-refractivity contribution < 1.29 is 0 Å². The van der Waals surface area contributed by atoms with Crippen LogP contribution >= 0.6 is 11.6 Å². The predicted molar refractivity (Wildman–Crippen MR) is 40.4 cm³/mol. The second kappa shape index (κ2) is 2.70. The Kier molecular flexibility index (Phi) is 1.91. The van der Waals surface area contributed by atoms with Crippen LogP contribution in [0.4, 0.5) is 0 Å². The van der Waals surface area contributed by atoms with Gasteiger partial charge in [-0.1, -0.05) is 36.4 Å². The maximum absolute atomic E-state index is 5.62. The lowest BCUT2D eigenvalue weighted by Crippen LogP contribution is -1.68. The first-order valence-electron chi connectivity index (χ1n) is 2.62. The molecule has 1 radical (unpaired) electrons. The molecule has 1 aromatic rings. The minimum Gasteiger partial charge on any atom is -0.0985 e. The summed E-state index contributed by atoms with van der Waals surface area (Å²) in [7, 11) is 0. The largest absolute Gasteiger partial charge is 0.0985 e. The number of hydrogen-bond acceptors (Lipinski definition) is 0. The Bertz CT molecular complexity index is 216. The molecule has 0 amide bonds. The highest BCUT2D eigenvalue weighted by Gasteiger charge is 1.85. The van der Waals surface area contributed by atoms with E-state index in [9.17, 15) is 0 Å². The summed E-state index contributed by atoms with van der Waals surface area (Å²) in [6.45, 7) is 3.60. The topological polar surface area (TPSA) is 0 Å². The van der Waals surface area contributed by atoms with E-state index in [1.54, 1.807) is 12.1 Å². The molecule has 0 aliphatic heterocycles. The highest BCUT2D eigenvalue weighted by atomic mass is 35.5. The SMILES string of the molecule is C=Cc1cc[c]c(Cl)c1. The molecule has 0 aromatic heterocycles. The van der Waals surface area contributed by atoms with Gasteiger partial charge in [-0.05, 0) is 11.6 Å². The van der Waals surface area contributed by atoms with E-state index in [1.807, 2.05) is 12.1 Å². The Morgan fingerprint density at radius 2 is 2.44 bits per heavy atom. The maximum Gasteiger partial charge on any atom is 0.0490 e. The fourth-order valence-corrected chi connectivity index (χ4v) is 0.770. The summed E-state index contributed by atoms with van der Waals surface area (Å²) in [6, 6.07) is 8.32. The highest BCUT2D eigenvalue weighted by molar-refractivity contribution is 6.30.